The van der Waals surface area contributed by atoms with Crippen LogP contribution in [0.3, 0.4) is 0 Å². The van der Waals surface area contributed by atoms with E-state index in [9.17, 15) is 86.6 Å². The highest BCUT2D eigenvalue weighted by Crippen LogP contribution is 2.47. The number of nitrogens with two attached hydrogens (primary N) is 3. The molecule has 0 radical (unpaired) electrons. The minimum absolute atomic E-state index is 0.0746. The number of rotatable bonds is 46. The minimum Gasteiger partial charge on any atom is -0.457 e. The molecule has 0 saturated heterocycles. The molecule has 2 saturated carbocycles. The number of urea groups is 2. The number of ether oxygens (including phenoxy) is 5. The lowest BCUT2D eigenvalue weighted by atomic mass is 9.61. The second-order valence-electron chi connectivity index (χ2n) is 37.3. The topological polar surface area (TPSA) is 501 Å². The third kappa shape index (κ3) is 38.8. The van der Waals surface area contributed by atoms with E-state index in [0.717, 1.165) is 31.2 Å². The molecule has 12 N–H and O–H groups in total. The highest BCUT2D eigenvalue weighted by Gasteiger charge is 2.51. The lowest BCUT2D eigenvalue weighted by molar-refractivity contribution is -0.149. The number of nitrogens with one attached hydrogen (secondary N) is 5. The number of ketones is 4. The van der Waals surface area contributed by atoms with Crippen LogP contribution in [-0.2, 0) is 104 Å². The first-order chi connectivity index (χ1) is 63.0. The van der Waals surface area contributed by atoms with Gasteiger partial charge in [0.2, 0.25) is 11.8 Å². The fraction of sp³-hybridized carbons (Fsp3) is 0.475. The molecule has 4 aliphatic rings. The number of hydrogen-bond donors (Lipinski definition) is 9. The number of aliphatic hydroxyl groups excluding tert-OH is 1. The molecule has 2 aliphatic carbocycles. The number of Topliss-reactive ketones (excluding diaryl/α,β-unsaturated/α-hetero) is 4. The van der Waals surface area contributed by atoms with Crippen molar-refractivity contribution in [1.29, 1.82) is 0 Å². The van der Waals surface area contributed by atoms with Gasteiger partial charge in [0.05, 0.1) is 23.1 Å². The normalized spacial score (nSPS) is 14.9. The molecule has 2 atom stereocenters. The summed E-state index contributed by atoms with van der Waals surface area (Å²) in [4.78, 5) is 214. The van der Waals surface area contributed by atoms with Gasteiger partial charge in [-0.3, -0.25) is 63.1 Å². The maximum atomic E-state index is 13.9. The zero-order valence-corrected chi connectivity index (χ0v) is 79.0. The molecule has 2 aliphatic heterocycles. The molecule has 0 aromatic heterocycles. The number of benzene rings is 4. The van der Waals surface area contributed by atoms with Gasteiger partial charge in [-0.05, 0) is 254 Å². The molecule has 11 amide bonds. The highest BCUT2D eigenvalue weighted by atomic mass is 16.6. The maximum Gasteiger partial charge on any atom is 0.411 e. The van der Waals surface area contributed by atoms with Crippen molar-refractivity contribution in [3.05, 3.63) is 167 Å². The predicted octanol–water partition coefficient (Wildman–Crippen LogP) is 14.5. The first kappa shape index (κ1) is 109. The van der Waals surface area contributed by atoms with E-state index in [2.05, 4.69) is 26.6 Å². The van der Waals surface area contributed by atoms with Crippen molar-refractivity contribution in [3.63, 3.8) is 0 Å². The van der Waals surface area contributed by atoms with Crippen LogP contribution in [0.5, 0.6) is 0 Å². The van der Waals surface area contributed by atoms with E-state index in [4.69, 9.17) is 40.9 Å². The monoisotopic (exact) mass is 1850 g/mol. The molecule has 0 spiro atoms. The van der Waals surface area contributed by atoms with Gasteiger partial charge < -0.3 is 67.3 Å². The Labute approximate surface area is 783 Å². The number of nitrogen functional groups attached to an aromatic ring is 1. The molecule has 4 aromatic carbocycles. The molecule has 4 aromatic rings. The molecule has 2 fully saturated rings. The number of aliphatic hydroxyl groups is 1. The van der Waals surface area contributed by atoms with Crippen LogP contribution in [0, 0.1) is 22.7 Å². The molecular formula is C101H132N10O23. The van der Waals surface area contributed by atoms with Crippen LogP contribution in [0.1, 0.15) is 258 Å². The van der Waals surface area contributed by atoms with Gasteiger partial charge in [-0.1, -0.05) is 87.1 Å². The molecule has 8 rings (SSSR count). The standard InChI is InChI=1S/C51H65N5O12.C30H40N4O7.C20H27NO4/c1-49(2,3)67-44(61)25-18-34-15-19-36(20-26-45(62)68-50(4,5)6)39(31-34)55-48(65)66-33-35-16-21-38(22-17-35)54-46(63)37(13-11-29-53-47(52)64)32-41(58)51(27-12-28-51)40(57)14-9-7-8-10-30-56-42(59)23-24-43(56)60;31-29(41)32-17-5-7-22(28(40)33-23-11-9-21(20-35)10-12-23)19-25(37)30(15-6-16-30)24(36)8-3-1-2-4-18-34-26(38)13-14-27(34)39;1-19(2,3)24-17(22)11-8-14-7-9-15(16(21)13-14)10-12-18(23)25-20(4,5)6/h15-26,31,37H,7-14,27-30,32-33H2,1-6H3,(H,54,63)(H,55,65)(H3,52,53,64);9-14,22,35H,1-8,15-20H2,(H,33,40)(H3,31,32,41);7-13H,21H2,1-6H3/b25-18+,26-20+;;11-8+,12-10+/t37-;22-;/m11./s1. The number of anilines is 4. The number of nitrogens with zero attached hydrogens (tertiary/aromatic N) is 2. The summed E-state index contributed by atoms with van der Waals surface area (Å²) in [6.45, 7) is 22.2. The number of carbonyl (C=O) groups excluding carboxylic acids is 17. The minimum atomic E-state index is -1.14. The summed E-state index contributed by atoms with van der Waals surface area (Å²) in [5.74, 6) is -6.24. The molecule has 724 valence electrons. The van der Waals surface area contributed by atoms with Gasteiger partial charge in [0.15, 0.2) is 0 Å². The Morgan fingerprint density at radius 2 is 0.776 bits per heavy atom. The lowest BCUT2D eigenvalue weighted by Crippen LogP contribution is -2.46. The summed E-state index contributed by atoms with van der Waals surface area (Å²) in [5, 5.41) is 22.6. The van der Waals surface area contributed by atoms with E-state index in [1.54, 1.807) is 159 Å². The third-order valence-electron chi connectivity index (χ3n) is 21.8. The van der Waals surface area contributed by atoms with Gasteiger partial charge in [0.25, 0.3) is 23.6 Å². The van der Waals surface area contributed by atoms with Crippen LogP contribution < -0.4 is 43.8 Å². The summed E-state index contributed by atoms with van der Waals surface area (Å²) in [6, 6.07) is 22.1. The van der Waals surface area contributed by atoms with Crippen molar-refractivity contribution in [3.8, 4) is 0 Å². The SMILES string of the molecule is CC(C)(C)OC(=O)/C=C/c1ccc(/C=C/C(=O)OC(C)(C)C)c(N)c1.CC(C)(C)OC(=O)/C=C/c1ccc(/C=C/C(=O)OC(C)(C)C)c(NC(=O)OCc2ccc(NC(=O)[C@H](CCCNC(N)=O)CC(=O)C3(C(=O)CCCCCCN4C(=O)C=CC4=O)CCC3)cc2)c1.NC(=O)NCCC[C@H](CC(=O)C1(C(=O)CCCCCCN2C(=O)C=CC2=O)CCC1)C(=O)Nc1ccc(CO)cc1. The Morgan fingerprint density at radius 1 is 0.425 bits per heavy atom. The molecule has 33 heteroatoms. The Bertz CT molecular complexity index is 5010. The second-order valence-corrected chi connectivity index (χ2v) is 37.3. The van der Waals surface area contributed by atoms with Gasteiger partial charge in [-0.15, -0.1) is 0 Å². The number of unbranched alkanes of at least 4 members (excludes halogenated alkanes) is 6. The van der Waals surface area contributed by atoms with Crippen LogP contribution in [0.2, 0.25) is 0 Å². The summed E-state index contributed by atoms with van der Waals surface area (Å²) >= 11 is 0. The van der Waals surface area contributed by atoms with E-state index in [1.165, 1.54) is 70.6 Å². The first-order valence-electron chi connectivity index (χ1n) is 45.3. The van der Waals surface area contributed by atoms with Crippen LogP contribution in [-0.4, -0.2) is 164 Å². The van der Waals surface area contributed by atoms with E-state index < -0.39 is 93.0 Å². The van der Waals surface area contributed by atoms with E-state index in [1.807, 2.05) is 20.8 Å². The molecule has 2 heterocycles. The second kappa shape index (κ2) is 52.2. The predicted molar refractivity (Wildman–Crippen MR) is 507 cm³/mol. The van der Waals surface area contributed by atoms with Gasteiger partial charge in [0.1, 0.15) is 52.1 Å². The number of carbonyl (C=O) groups is 17. The number of imide groups is 2. The smallest absolute Gasteiger partial charge is 0.411 e. The fourth-order valence-electron chi connectivity index (χ4n) is 14.6. The molecule has 33 nitrogen and oxygen atoms in total. The maximum absolute atomic E-state index is 13.9. The van der Waals surface area contributed by atoms with Crippen LogP contribution in [0.25, 0.3) is 24.3 Å². The molecular weight excluding hydrogens is 1720 g/mol. The number of hydrogen-bond acceptors (Lipinski definition) is 24. The van der Waals surface area contributed by atoms with Gasteiger partial charge in [-0.2, -0.15) is 0 Å². The molecule has 0 unspecified atom stereocenters. The highest BCUT2D eigenvalue weighted by molar-refractivity contribution is 6.14. The Balaban J connectivity index is 0.000000351. The molecule has 0 bridgehead atoms. The summed E-state index contributed by atoms with van der Waals surface area (Å²) in [5.41, 5.74) is 17.1. The van der Waals surface area contributed by atoms with Crippen molar-refractivity contribution in [1.82, 2.24) is 20.4 Å². The van der Waals surface area contributed by atoms with E-state index in [-0.39, 0.29) is 117 Å². The summed E-state index contributed by atoms with van der Waals surface area (Å²) < 4.78 is 26.6. The average Bonchev–Trinajstić information content (AvgIpc) is 1.09. The quantitative estimate of drug-likeness (QED) is 0.00377. The number of primary amides is 2. The Morgan fingerprint density at radius 3 is 1.13 bits per heavy atom. The van der Waals surface area contributed by atoms with Gasteiger partial charge >= 0.3 is 42.0 Å². The lowest BCUT2D eigenvalue weighted by Gasteiger charge is -2.39. The van der Waals surface area contributed by atoms with Crippen molar-refractivity contribution in [2.75, 3.05) is 47.9 Å². The molecule has 134 heavy (non-hydrogen) atoms. The Hall–Kier alpha value is -13.3. The van der Waals surface area contributed by atoms with Crippen molar-refractivity contribution in [2.24, 2.45) is 34.1 Å². The van der Waals surface area contributed by atoms with E-state index >= 15 is 0 Å². The summed E-state index contributed by atoms with van der Waals surface area (Å²) in [7, 11) is 0. The van der Waals surface area contributed by atoms with Crippen LogP contribution in [0.15, 0.2) is 134 Å². The average molecular weight is 1850 g/mol. The van der Waals surface area contributed by atoms with Crippen molar-refractivity contribution < 1.29 is 110 Å². The fourth-order valence-corrected chi connectivity index (χ4v) is 14.6. The zero-order valence-electron chi connectivity index (χ0n) is 79.0. The third-order valence-corrected chi connectivity index (χ3v) is 21.8. The zero-order chi connectivity index (χ0) is 99.2. The number of amides is 11. The first-order valence-corrected chi connectivity index (χ1v) is 45.3. The van der Waals surface area contributed by atoms with Gasteiger partial charge in [0, 0.05) is 129 Å². The van der Waals surface area contributed by atoms with Crippen molar-refractivity contribution in [2.45, 2.75) is 260 Å². The van der Waals surface area contributed by atoms with Crippen LogP contribution in [0.4, 0.5) is 37.1 Å². The van der Waals surface area contributed by atoms with Crippen molar-refractivity contribution >= 4 is 148 Å². The van der Waals surface area contributed by atoms with Crippen LogP contribution >= 0.6 is 0 Å². The number of esters is 4. The largest absolute Gasteiger partial charge is 0.457 e. The van der Waals surface area contributed by atoms with Gasteiger partial charge in [-0.25, -0.2) is 33.6 Å². The summed E-state index contributed by atoms with van der Waals surface area (Å²) in [6.07, 6.45) is 25.9. The van der Waals surface area contributed by atoms with E-state index in [0.29, 0.717) is 141 Å². The Kier molecular flexibility index (Phi) is 42.6.